The zero-order valence-electron chi connectivity index (χ0n) is 8.63. The van der Waals surface area contributed by atoms with Crippen LogP contribution in [0.4, 0.5) is 0 Å². The minimum Gasteiger partial charge on any atom is -0.497 e. The Morgan fingerprint density at radius 3 is 2.54 bits per heavy atom. The van der Waals surface area contributed by atoms with Crippen molar-refractivity contribution in [1.82, 2.24) is 0 Å². The number of hydrogen-bond acceptors (Lipinski definition) is 2. The molecule has 0 radical (unpaired) electrons. The van der Waals surface area contributed by atoms with Gasteiger partial charge in [0.15, 0.2) is 0 Å². The fourth-order valence-corrected chi connectivity index (χ4v) is 1.15. The highest BCUT2D eigenvalue weighted by molar-refractivity contribution is 6.34. The third-order valence-corrected chi connectivity index (χ3v) is 1.75. The predicted molar refractivity (Wildman–Crippen MR) is 56.9 cm³/mol. The molecule has 0 bridgehead atoms. The second-order valence-electron chi connectivity index (χ2n) is 3.30. The van der Waals surface area contributed by atoms with E-state index in [-0.39, 0.29) is 6.10 Å². The maximum atomic E-state index is 5.53. The van der Waals surface area contributed by atoms with Crippen LogP contribution in [0.5, 0.6) is 11.5 Å². The van der Waals surface area contributed by atoms with Crippen LogP contribution in [0.2, 0.25) is 0 Å². The molecule has 0 N–H and O–H groups in total. The van der Waals surface area contributed by atoms with E-state index in [2.05, 4.69) is 0 Å². The average molecular weight is 178 g/mol. The van der Waals surface area contributed by atoms with Crippen molar-refractivity contribution < 1.29 is 9.47 Å². The Morgan fingerprint density at radius 2 is 2.00 bits per heavy atom. The second-order valence-corrected chi connectivity index (χ2v) is 3.30. The van der Waals surface area contributed by atoms with Crippen molar-refractivity contribution in [2.75, 3.05) is 7.11 Å². The van der Waals surface area contributed by atoms with E-state index in [1.807, 2.05) is 39.9 Å². The number of benzene rings is 1. The fourth-order valence-electron chi connectivity index (χ4n) is 1.15. The summed E-state index contributed by atoms with van der Waals surface area (Å²) >= 11 is 0. The molecule has 13 heavy (non-hydrogen) atoms. The maximum Gasteiger partial charge on any atom is 0.144 e. The van der Waals surface area contributed by atoms with Gasteiger partial charge in [-0.2, -0.15) is 0 Å². The van der Waals surface area contributed by atoms with Gasteiger partial charge in [0, 0.05) is 6.07 Å². The average Bonchev–Trinajstić information content (AvgIpc) is 2.07. The Labute approximate surface area is 80.3 Å². The first-order valence-corrected chi connectivity index (χ1v) is 4.44. The molecule has 0 aliphatic rings. The molecular weight excluding hydrogens is 163 g/mol. The number of rotatable bonds is 3. The van der Waals surface area contributed by atoms with Gasteiger partial charge in [0.25, 0.3) is 0 Å². The molecule has 0 fully saturated rings. The van der Waals surface area contributed by atoms with Crippen LogP contribution in [0.25, 0.3) is 0 Å². The maximum absolute atomic E-state index is 5.53. The van der Waals surface area contributed by atoms with Gasteiger partial charge in [-0.25, -0.2) is 0 Å². The third kappa shape index (κ3) is 2.69. The van der Waals surface area contributed by atoms with Crippen LogP contribution in [0.1, 0.15) is 13.8 Å². The Balaban J connectivity index is 2.86. The first kappa shape index (κ1) is 9.97. The summed E-state index contributed by atoms with van der Waals surface area (Å²) in [4.78, 5) is 0. The zero-order chi connectivity index (χ0) is 9.84. The number of hydrogen-bond donors (Lipinski definition) is 0. The lowest BCUT2D eigenvalue weighted by atomic mass is 9.95. The van der Waals surface area contributed by atoms with Crippen LogP contribution in [0.3, 0.4) is 0 Å². The molecule has 1 aromatic carbocycles. The summed E-state index contributed by atoms with van der Waals surface area (Å²) in [6.45, 7) is 4.01. The molecule has 0 saturated heterocycles. The lowest BCUT2D eigenvalue weighted by Gasteiger charge is -2.11. The monoisotopic (exact) mass is 178 g/mol. The van der Waals surface area contributed by atoms with Gasteiger partial charge in [0.1, 0.15) is 19.3 Å². The van der Waals surface area contributed by atoms with E-state index >= 15 is 0 Å². The van der Waals surface area contributed by atoms with Crippen molar-refractivity contribution in [2.45, 2.75) is 20.0 Å². The van der Waals surface area contributed by atoms with E-state index in [0.29, 0.717) is 0 Å². The van der Waals surface area contributed by atoms with Gasteiger partial charge in [-0.05, 0) is 25.4 Å². The van der Waals surface area contributed by atoms with Gasteiger partial charge in [-0.15, -0.1) is 0 Å². The SMILES string of the molecule is Bc1ccc(OC(C)C)cc1OC. The molecule has 3 heteroatoms. The number of methoxy groups -OCH3 is 1. The van der Waals surface area contributed by atoms with Crippen molar-refractivity contribution in [3.05, 3.63) is 18.2 Å². The Bertz CT molecular complexity index is 284. The van der Waals surface area contributed by atoms with Crippen molar-refractivity contribution in [2.24, 2.45) is 0 Å². The molecule has 1 aromatic rings. The molecule has 0 unspecified atom stereocenters. The van der Waals surface area contributed by atoms with Crippen LogP contribution in [0.15, 0.2) is 18.2 Å². The summed E-state index contributed by atoms with van der Waals surface area (Å²) in [7, 11) is 3.68. The standard InChI is InChI=1S/C10H15BO2/c1-7(2)13-8-4-5-9(11)10(6-8)12-3/h4-7H,11H2,1-3H3. The summed E-state index contributed by atoms with van der Waals surface area (Å²) in [5.74, 6) is 1.73. The largest absolute Gasteiger partial charge is 0.497 e. The quantitative estimate of drug-likeness (QED) is 0.635. The molecular formula is C10H15BO2. The fraction of sp³-hybridized carbons (Fsp3) is 0.400. The molecule has 0 aromatic heterocycles. The third-order valence-electron chi connectivity index (χ3n) is 1.75. The summed E-state index contributed by atoms with van der Waals surface area (Å²) in [5, 5.41) is 0. The summed E-state index contributed by atoms with van der Waals surface area (Å²) in [6.07, 6.45) is 0.201. The Kier molecular flexibility index (Phi) is 3.23. The van der Waals surface area contributed by atoms with Crippen LogP contribution in [-0.4, -0.2) is 21.1 Å². The lowest BCUT2D eigenvalue weighted by Crippen LogP contribution is -2.10. The number of ether oxygens (including phenoxy) is 2. The smallest absolute Gasteiger partial charge is 0.144 e. The summed E-state index contributed by atoms with van der Waals surface area (Å²) in [6, 6.07) is 5.86. The summed E-state index contributed by atoms with van der Waals surface area (Å²) < 4.78 is 10.7. The molecule has 0 spiro atoms. The topological polar surface area (TPSA) is 18.5 Å². The van der Waals surface area contributed by atoms with Crippen molar-refractivity contribution in [1.29, 1.82) is 0 Å². The highest BCUT2D eigenvalue weighted by atomic mass is 16.5. The first-order chi connectivity index (χ1) is 6.13. The Morgan fingerprint density at radius 1 is 1.31 bits per heavy atom. The molecule has 0 heterocycles. The van der Waals surface area contributed by atoms with E-state index in [9.17, 15) is 0 Å². The molecule has 0 amide bonds. The second kappa shape index (κ2) is 4.22. The highest BCUT2D eigenvalue weighted by Gasteiger charge is 2.01. The van der Waals surface area contributed by atoms with E-state index in [1.54, 1.807) is 7.11 Å². The highest BCUT2D eigenvalue weighted by Crippen LogP contribution is 2.17. The molecule has 1 rings (SSSR count). The van der Waals surface area contributed by atoms with E-state index < -0.39 is 0 Å². The van der Waals surface area contributed by atoms with Gasteiger partial charge in [0.05, 0.1) is 13.2 Å². The van der Waals surface area contributed by atoms with E-state index in [4.69, 9.17) is 9.47 Å². The molecule has 0 atom stereocenters. The minimum atomic E-state index is 0.201. The van der Waals surface area contributed by atoms with Crippen LogP contribution in [-0.2, 0) is 0 Å². The minimum absolute atomic E-state index is 0.201. The molecule has 0 aliphatic heterocycles. The van der Waals surface area contributed by atoms with Gasteiger partial charge >= 0.3 is 0 Å². The van der Waals surface area contributed by atoms with Gasteiger partial charge in [-0.3, -0.25) is 0 Å². The van der Waals surface area contributed by atoms with E-state index in [0.717, 1.165) is 17.0 Å². The van der Waals surface area contributed by atoms with Crippen LogP contribution >= 0.6 is 0 Å². The normalized spacial score (nSPS) is 10.2. The van der Waals surface area contributed by atoms with E-state index in [1.165, 1.54) is 0 Å². The molecule has 0 saturated carbocycles. The van der Waals surface area contributed by atoms with Crippen molar-refractivity contribution >= 4 is 13.3 Å². The predicted octanol–water partition coefficient (Wildman–Crippen LogP) is 0.741. The van der Waals surface area contributed by atoms with Gasteiger partial charge < -0.3 is 9.47 Å². The first-order valence-electron chi connectivity index (χ1n) is 4.44. The van der Waals surface area contributed by atoms with Gasteiger partial charge in [-0.1, -0.05) is 6.07 Å². The van der Waals surface area contributed by atoms with Crippen molar-refractivity contribution in [3.63, 3.8) is 0 Å². The molecule has 70 valence electrons. The lowest BCUT2D eigenvalue weighted by molar-refractivity contribution is 0.241. The zero-order valence-corrected chi connectivity index (χ0v) is 8.63. The molecule has 2 nitrogen and oxygen atoms in total. The Hall–Kier alpha value is -1.12. The van der Waals surface area contributed by atoms with Crippen LogP contribution in [0, 0.1) is 0 Å². The molecule has 0 aliphatic carbocycles. The van der Waals surface area contributed by atoms with Crippen molar-refractivity contribution in [3.8, 4) is 11.5 Å². The summed E-state index contributed by atoms with van der Waals surface area (Å²) in [5.41, 5.74) is 1.12. The van der Waals surface area contributed by atoms with Crippen LogP contribution < -0.4 is 14.9 Å². The van der Waals surface area contributed by atoms with Gasteiger partial charge in [0.2, 0.25) is 0 Å².